The Morgan fingerprint density at radius 2 is 1.79 bits per heavy atom. The van der Waals surface area contributed by atoms with Crippen molar-refractivity contribution in [2.24, 2.45) is 13.0 Å². The predicted molar refractivity (Wildman–Crippen MR) is 155 cm³/mol. The molecule has 3 unspecified atom stereocenters. The van der Waals surface area contributed by atoms with Crippen molar-refractivity contribution in [2.75, 3.05) is 20.2 Å². The van der Waals surface area contributed by atoms with Crippen LogP contribution in [0.25, 0.3) is 16.6 Å². The van der Waals surface area contributed by atoms with Crippen LogP contribution in [-0.2, 0) is 32.8 Å². The van der Waals surface area contributed by atoms with Crippen molar-refractivity contribution in [1.82, 2.24) is 29.1 Å². The van der Waals surface area contributed by atoms with E-state index in [1.165, 1.54) is 23.1 Å². The summed E-state index contributed by atoms with van der Waals surface area (Å²) in [5.41, 5.74) is 3.80. The predicted octanol–water partition coefficient (Wildman–Crippen LogP) is 4.50. The fourth-order valence-corrected chi connectivity index (χ4v) is 8.71. The molecule has 2 aliphatic rings. The SMILES string of the molecule is COC1(c2ccccc2)CC2CN(S(=O)(=O)c3cnn(C)n3)CC2(c2cc3cnn(-c4ccc(F)cc4)c3cc2C)C1. The number of aryl methyl sites for hydroxylation is 2. The molecule has 5 aromatic rings. The number of hydrogen-bond donors (Lipinski definition) is 0. The van der Waals surface area contributed by atoms with Crippen LogP contribution in [0.5, 0.6) is 0 Å². The molecule has 3 atom stereocenters. The van der Waals surface area contributed by atoms with Gasteiger partial charge in [0.15, 0.2) is 0 Å². The zero-order chi connectivity index (χ0) is 29.3. The van der Waals surface area contributed by atoms with E-state index in [2.05, 4.69) is 46.5 Å². The van der Waals surface area contributed by atoms with Gasteiger partial charge in [0.05, 0.1) is 29.2 Å². The van der Waals surface area contributed by atoms with E-state index < -0.39 is 21.0 Å². The van der Waals surface area contributed by atoms with E-state index in [0.717, 1.165) is 33.3 Å². The molecule has 2 aromatic heterocycles. The standard InChI is InChI=1S/C31H31FN6O3S/c1-21-13-28-22(16-34-38(28)26-11-9-25(32)10-12-26)14-27(21)30-19-31(41-3,23-7-5-4-6-8-23)15-24(30)18-37(20-30)42(39,40)29-17-33-36(2)35-29/h4-14,16-17,24H,15,18-20H2,1-3H3. The highest BCUT2D eigenvalue weighted by Crippen LogP contribution is 2.60. The van der Waals surface area contributed by atoms with Crippen LogP contribution in [0, 0.1) is 18.7 Å². The molecule has 1 aliphatic heterocycles. The Labute approximate surface area is 243 Å². The summed E-state index contributed by atoms with van der Waals surface area (Å²) in [5, 5.41) is 13.6. The lowest BCUT2D eigenvalue weighted by Crippen LogP contribution is -2.38. The first-order chi connectivity index (χ1) is 20.1. The topological polar surface area (TPSA) is 95.1 Å². The maximum absolute atomic E-state index is 13.8. The number of methoxy groups -OCH3 is 1. The Bertz CT molecular complexity index is 1910. The number of halogens is 1. The van der Waals surface area contributed by atoms with Gasteiger partial charge in [-0.3, -0.25) is 0 Å². The third-order valence-corrected chi connectivity index (χ3v) is 10.9. The summed E-state index contributed by atoms with van der Waals surface area (Å²) in [6.45, 7) is 2.72. The van der Waals surface area contributed by atoms with Crippen LogP contribution in [0.1, 0.15) is 29.5 Å². The summed E-state index contributed by atoms with van der Waals surface area (Å²) in [6, 6.07) is 20.7. The van der Waals surface area contributed by atoms with Crippen molar-refractivity contribution >= 4 is 20.9 Å². The highest BCUT2D eigenvalue weighted by atomic mass is 32.2. The molecule has 0 bridgehead atoms. The minimum Gasteiger partial charge on any atom is -0.373 e. The Hall–Kier alpha value is -3.93. The number of ether oxygens (including phenoxy) is 1. The van der Waals surface area contributed by atoms with Crippen LogP contribution in [-0.4, -0.2) is 57.7 Å². The Kier molecular flexibility index (Phi) is 6.12. The third-order valence-electron chi connectivity index (χ3n) is 9.24. The normalized spacial score (nSPS) is 24.4. The molecule has 0 spiro atoms. The molecule has 2 fully saturated rings. The van der Waals surface area contributed by atoms with E-state index in [0.29, 0.717) is 25.9 Å². The Balaban J connectivity index is 1.36. The zero-order valence-corrected chi connectivity index (χ0v) is 24.4. The van der Waals surface area contributed by atoms with Gasteiger partial charge in [-0.25, -0.2) is 17.5 Å². The first kappa shape index (κ1) is 26.9. The van der Waals surface area contributed by atoms with Crippen LogP contribution >= 0.6 is 0 Å². The molecular weight excluding hydrogens is 555 g/mol. The summed E-state index contributed by atoms with van der Waals surface area (Å²) in [6.07, 6.45) is 4.41. The fourth-order valence-electron chi connectivity index (χ4n) is 7.27. The Morgan fingerprint density at radius 3 is 2.48 bits per heavy atom. The van der Waals surface area contributed by atoms with Gasteiger partial charge >= 0.3 is 0 Å². The lowest BCUT2D eigenvalue weighted by molar-refractivity contribution is -0.0183. The molecule has 9 nitrogen and oxygen atoms in total. The maximum atomic E-state index is 13.8. The van der Waals surface area contributed by atoms with E-state index in [1.54, 1.807) is 35.3 Å². The summed E-state index contributed by atoms with van der Waals surface area (Å²) < 4.78 is 50.9. The van der Waals surface area contributed by atoms with E-state index in [-0.39, 0.29) is 16.8 Å². The van der Waals surface area contributed by atoms with Gasteiger partial charge in [-0.15, -0.1) is 5.10 Å². The van der Waals surface area contributed by atoms with Gasteiger partial charge in [-0.1, -0.05) is 30.3 Å². The molecule has 7 rings (SSSR count). The van der Waals surface area contributed by atoms with Crippen LogP contribution in [0.4, 0.5) is 4.39 Å². The second-order valence-electron chi connectivity index (χ2n) is 11.5. The number of hydrogen-bond acceptors (Lipinski definition) is 6. The van der Waals surface area contributed by atoms with E-state index in [4.69, 9.17) is 4.74 Å². The second kappa shape index (κ2) is 9.55. The molecular formula is C31H31FN6O3S. The average molecular weight is 587 g/mol. The molecule has 1 aliphatic carbocycles. The lowest BCUT2D eigenvalue weighted by Gasteiger charge is -2.35. The van der Waals surface area contributed by atoms with Gasteiger partial charge in [-0.2, -0.15) is 19.3 Å². The fraction of sp³-hybridized carbons (Fsp3) is 0.323. The molecule has 42 heavy (non-hydrogen) atoms. The van der Waals surface area contributed by atoms with Crippen LogP contribution in [0.3, 0.4) is 0 Å². The first-order valence-electron chi connectivity index (χ1n) is 13.9. The number of aromatic nitrogens is 5. The molecule has 11 heteroatoms. The minimum absolute atomic E-state index is 0.00704. The molecule has 0 radical (unpaired) electrons. The van der Waals surface area contributed by atoms with Crippen molar-refractivity contribution in [1.29, 1.82) is 0 Å². The highest BCUT2D eigenvalue weighted by Gasteiger charge is 2.62. The van der Waals surface area contributed by atoms with Gasteiger partial charge in [0.2, 0.25) is 5.03 Å². The zero-order valence-electron chi connectivity index (χ0n) is 23.6. The smallest absolute Gasteiger partial charge is 0.264 e. The van der Waals surface area contributed by atoms with Crippen molar-refractivity contribution < 1.29 is 17.5 Å². The third kappa shape index (κ3) is 4.02. The van der Waals surface area contributed by atoms with Crippen molar-refractivity contribution in [2.45, 2.75) is 35.8 Å². The minimum atomic E-state index is -3.85. The quantitative estimate of drug-likeness (QED) is 0.291. The van der Waals surface area contributed by atoms with Gasteiger partial charge in [0, 0.05) is 38.0 Å². The van der Waals surface area contributed by atoms with Gasteiger partial charge in [0.1, 0.15) is 5.82 Å². The monoisotopic (exact) mass is 586 g/mol. The summed E-state index contributed by atoms with van der Waals surface area (Å²) in [7, 11) is -0.498. The average Bonchev–Trinajstić information content (AvgIpc) is 3.75. The van der Waals surface area contributed by atoms with Gasteiger partial charge in [0.25, 0.3) is 10.0 Å². The summed E-state index contributed by atoms with van der Waals surface area (Å²) in [5.74, 6) is -0.310. The van der Waals surface area contributed by atoms with Crippen molar-refractivity contribution in [3.63, 3.8) is 0 Å². The van der Waals surface area contributed by atoms with Gasteiger partial charge in [-0.05, 0) is 78.8 Å². The molecule has 3 aromatic carbocycles. The number of fused-ring (bicyclic) bond motifs is 2. The van der Waals surface area contributed by atoms with Crippen LogP contribution < -0.4 is 0 Å². The number of rotatable bonds is 6. The molecule has 216 valence electrons. The molecule has 0 N–H and O–H groups in total. The van der Waals surface area contributed by atoms with Gasteiger partial charge < -0.3 is 4.74 Å². The largest absolute Gasteiger partial charge is 0.373 e. The number of sulfonamides is 1. The van der Waals surface area contributed by atoms with E-state index >= 15 is 0 Å². The number of nitrogens with zero attached hydrogens (tertiary/aromatic N) is 6. The lowest BCUT2D eigenvalue weighted by atomic mass is 9.72. The number of benzene rings is 3. The van der Waals surface area contributed by atoms with Crippen molar-refractivity contribution in [3.8, 4) is 5.69 Å². The van der Waals surface area contributed by atoms with E-state index in [1.807, 2.05) is 24.4 Å². The molecule has 3 heterocycles. The second-order valence-corrected chi connectivity index (χ2v) is 13.4. The Morgan fingerprint density at radius 1 is 1.02 bits per heavy atom. The highest BCUT2D eigenvalue weighted by molar-refractivity contribution is 7.89. The van der Waals surface area contributed by atoms with E-state index in [9.17, 15) is 12.8 Å². The van der Waals surface area contributed by atoms with Crippen molar-refractivity contribution in [3.05, 3.63) is 102 Å². The summed E-state index contributed by atoms with van der Waals surface area (Å²) >= 11 is 0. The molecule has 1 saturated heterocycles. The summed E-state index contributed by atoms with van der Waals surface area (Å²) in [4.78, 5) is 1.27. The maximum Gasteiger partial charge on any atom is 0.264 e. The molecule has 0 amide bonds. The first-order valence-corrected chi connectivity index (χ1v) is 15.3. The molecule has 1 saturated carbocycles. The van der Waals surface area contributed by atoms with Crippen LogP contribution in [0.15, 0.2) is 84.1 Å². The van der Waals surface area contributed by atoms with Crippen LogP contribution in [0.2, 0.25) is 0 Å².